The summed E-state index contributed by atoms with van der Waals surface area (Å²) in [5.74, 6) is 0. The van der Waals surface area contributed by atoms with E-state index in [1.807, 2.05) is 0 Å². The first-order valence-electron chi connectivity index (χ1n) is 3.49. The fourth-order valence-corrected chi connectivity index (χ4v) is 0.748. The number of rotatable bonds is 3. The van der Waals surface area contributed by atoms with Crippen molar-refractivity contribution in [2.24, 2.45) is 5.73 Å². The lowest BCUT2D eigenvalue weighted by molar-refractivity contribution is -0.149. The molecular weight excluding hydrogens is 200 g/mol. The van der Waals surface area contributed by atoms with E-state index in [0.717, 1.165) is 0 Å². The maximum Gasteiger partial charge on any atom is 0.390 e. The molecule has 0 aliphatic carbocycles. The molecule has 13 heavy (non-hydrogen) atoms. The lowest BCUT2D eigenvalue weighted by atomic mass is 10.1. The summed E-state index contributed by atoms with van der Waals surface area (Å²) >= 11 is 0. The Hall–Kier alpha value is -0.460. The normalized spacial score (nSPS) is 15.9. The molecule has 80 valence electrons. The number of hydrogen-bond acceptors (Lipinski definition) is 1. The largest absolute Gasteiger partial charge is 0.390 e. The van der Waals surface area contributed by atoms with E-state index in [0.29, 0.717) is 0 Å². The van der Waals surface area contributed by atoms with E-state index in [1.165, 1.54) is 0 Å². The second-order valence-electron chi connectivity index (χ2n) is 2.73. The summed E-state index contributed by atoms with van der Waals surface area (Å²) in [4.78, 5) is 0. The van der Waals surface area contributed by atoms with Crippen LogP contribution in [0, 0.1) is 0 Å². The summed E-state index contributed by atoms with van der Waals surface area (Å²) in [6, 6.07) is -1.47. The quantitative estimate of drug-likeness (QED) is 0.710. The topological polar surface area (TPSA) is 26.0 Å². The highest BCUT2D eigenvalue weighted by atomic mass is 19.4. The zero-order valence-corrected chi connectivity index (χ0v) is 6.54. The predicted molar refractivity (Wildman–Crippen MR) is 33.9 cm³/mol. The Morgan fingerprint density at radius 2 is 1.38 bits per heavy atom. The van der Waals surface area contributed by atoms with Gasteiger partial charge in [-0.1, -0.05) is 0 Å². The van der Waals surface area contributed by atoms with E-state index in [9.17, 15) is 26.3 Å². The Balaban J connectivity index is 3.70. The average molecular weight is 209 g/mol. The van der Waals surface area contributed by atoms with Crippen molar-refractivity contribution in [2.75, 3.05) is 0 Å². The summed E-state index contributed by atoms with van der Waals surface area (Å²) in [6.45, 7) is 0. The van der Waals surface area contributed by atoms with Gasteiger partial charge < -0.3 is 5.73 Å². The van der Waals surface area contributed by atoms with Gasteiger partial charge in [-0.2, -0.15) is 26.3 Å². The van der Waals surface area contributed by atoms with Gasteiger partial charge in [0.15, 0.2) is 0 Å². The van der Waals surface area contributed by atoms with Gasteiger partial charge in [0.25, 0.3) is 0 Å². The van der Waals surface area contributed by atoms with Gasteiger partial charge in [0.1, 0.15) is 0 Å². The molecule has 0 radical (unpaired) electrons. The zero-order valence-electron chi connectivity index (χ0n) is 6.54. The molecule has 1 nitrogen and oxygen atoms in total. The fourth-order valence-electron chi connectivity index (χ4n) is 0.748. The highest BCUT2D eigenvalue weighted by molar-refractivity contribution is 4.68. The molecule has 0 saturated carbocycles. The highest BCUT2D eigenvalue weighted by Gasteiger charge is 2.33. The second kappa shape index (κ2) is 4.17. The van der Waals surface area contributed by atoms with Crippen LogP contribution < -0.4 is 5.73 Å². The van der Waals surface area contributed by atoms with E-state index in [1.54, 1.807) is 0 Å². The number of hydrogen-bond donors (Lipinski definition) is 1. The van der Waals surface area contributed by atoms with E-state index in [-0.39, 0.29) is 0 Å². The minimum atomic E-state index is -4.50. The van der Waals surface area contributed by atoms with E-state index in [2.05, 4.69) is 0 Å². The minimum Gasteiger partial charge on any atom is -0.327 e. The van der Waals surface area contributed by atoms with Gasteiger partial charge in [0.2, 0.25) is 0 Å². The molecule has 0 heterocycles. The van der Waals surface area contributed by atoms with E-state index >= 15 is 0 Å². The summed E-state index contributed by atoms with van der Waals surface area (Å²) in [6.07, 6.45) is -12.3. The van der Waals surface area contributed by atoms with Crippen molar-refractivity contribution in [2.45, 2.75) is 37.7 Å². The minimum absolute atomic E-state index is 0.691. The van der Waals surface area contributed by atoms with Crippen LogP contribution in [0.4, 0.5) is 26.3 Å². The Morgan fingerprint density at radius 1 is 0.923 bits per heavy atom. The van der Waals surface area contributed by atoms with Gasteiger partial charge in [-0.15, -0.1) is 0 Å². The lowest BCUT2D eigenvalue weighted by Crippen LogP contribution is -2.29. The Labute approximate surface area is 70.9 Å². The van der Waals surface area contributed by atoms with Crippen molar-refractivity contribution in [1.29, 1.82) is 0 Å². The molecule has 0 rings (SSSR count). The fraction of sp³-hybridized carbons (Fsp3) is 1.00. The summed E-state index contributed by atoms with van der Waals surface area (Å²) < 4.78 is 69.2. The van der Waals surface area contributed by atoms with Crippen molar-refractivity contribution in [3.63, 3.8) is 0 Å². The van der Waals surface area contributed by atoms with Gasteiger partial charge in [-0.25, -0.2) is 0 Å². The third kappa shape index (κ3) is 9.45. The van der Waals surface area contributed by atoms with Crippen molar-refractivity contribution < 1.29 is 26.3 Å². The summed E-state index contributed by atoms with van der Waals surface area (Å²) in [5.41, 5.74) is 4.85. The smallest absolute Gasteiger partial charge is 0.327 e. The monoisotopic (exact) mass is 209 g/mol. The molecule has 2 N–H and O–H groups in total. The first-order valence-corrected chi connectivity index (χ1v) is 3.49. The van der Waals surface area contributed by atoms with Crippen molar-refractivity contribution in [3.05, 3.63) is 0 Å². The Kier molecular flexibility index (Phi) is 4.02. The molecule has 1 atom stereocenters. The zero-order chi connectivity index (χ0) is 10.7. The van der Waals surface area contributed by atoms with Crippen LogP contribution in [0.3, 0.4) is 0 Å². The van der Waals surface area contributed by atoms with Gasteiger partial charge in [-0.3, -0.25) is 0 Å². The van der Waals surface area contributed by atoms with Crippen LogP contribution in [-0.2, 0) is 0 Å². The SMILES string of the molecule is NC(CCC(F)(F)F)CC(F)(F)F. The lowest BCUT2D eigenvalue weighted by Gasteiger charge is -2.14. The van der Waals surface area contributed by atoms with E-state index < -0.39 is 37.7 Å². The molecule has 0 fully saturated rings. The molecule has 0 aliphatic rings. The molecule has 7 heteroatoms. The van der Waals surface area contributed by atoms with Gasteiger partial charge in [-0.05, 0) is 6.42 Å². The number of halogens is 6. The second-order valence-corrected chi connectivity index (χ2v) is 2.73. The first kappa shape index (κ1) is 12.5. The average Bonchev–Trinajstić information content (AvgIpc) is 1.78. The number of nitrogens with two attached hydrogens (primary N) is 1. The Bertz CT molecular complexity index is 148. The predicted octanol–water partition coefficient (Wildman–Crippen LogP) is 2.61. The maximum atomic E-state index is 11.6. The summed E-state index contributed by atoms with van der Waals surface area (Å²) in [5, 5.41) is 0. The van der Waals surface area contributed by atoms with Crippen LogP contribution in [0.5, 0.6) is 0 Å². The van der Waals surface area contributed by atoms with Crippen LogP contribution in [0.25, 0.3) is 0 Å². The van der Waals surface area contributed by atoms with Gasteiger partial charge >= 0.3 is 12.4 Å². The van der Waals surface area contributed by atoms with Crippen molar-refractivity contribution in [1.82, 2.24) is 0 Å². The van der Waals surface area contributed by atoms with Crippen LogP contribution in [0.15, 0.2) is 0 Å². The van der Waals surface area contributed by atoms with E-state index in [4.69, 9.17) is 5.73 Å². The molecule has 0 aromatic rings. The molecule has 0 aliphatic heterocycles. The van der Waals surface area contributed by atoms with Crippen LogP contribution in [0.2, 0.25) is 0 Å². The molecular formula is C6H9F6N. The third-order valence-electron chi connectivity index (χ3n) is 1.29. The molecule has 0 amide bonds. The Morgan fingerprint density at radius 3 is 1.69 bits per heavy atom. The van der Waals surface area contributed by atoms with Crippen LogP contribution >= 0.6 is 0 Å². The van der Waals surface area contributed by atoms with Crippen molar-refractivity contribution >= 4 is 0 Å². The van der Waals surface area contributed by atoms with Gasteiger partial charge in [0, 0.05) is 12.5 Å². The maximum absolute atomic E-state index is 11.6. The van der Waals surface area contributed by atoms with Crippen LogP contribution in [0.1, 0.15) is 19.3 Å². The molecule has 0 aromatic carbocycles. The van der Waals surface area contributed by atoms with Crippen LogP contribution in [-0.4, -0.2) is 18.4 Å². The van der Waals surface area contributed by atoms with Gasteiger partial charge in [0.05, 0.1) is 6.42 Å². The van der Waals surface area contributed by atoms with Crippen molar-refractivity contribution in [3.8, 4) is 0 Å². The summed E-state index contributed by atoms with van der Waals surface area (Å²) in [7, 11) is 0. The first-order chi connectivity index (χ1) is 5.60. The molecule has 0 aromatic heterocycles. The molecule has 0 spiro atoms. The standard InChI is InChI=1S/C6H9F6N/c7-5(8,9)2-1-4(13)3-6(10,11)12/h4H,1-3,13H2. The third-order valence-corrected chi connectivity index (χ3v) is 1.29. The molecule has 0 bridgehead atoms. The highest BCUT2D eigenvalue weighted by Crippen LogP contribution is 2.26. The molecule has 0 saturated heterocycles. The number of alkyl halides is 6. The molecule has 1 unspecified atom stereocenters.